The van der Waals surface area contributed by atoms with Crippen molar-refractivity contribution in [2.24, 2.45) is 5.73 Å². The number of thioether (sulfide) groups is 1. The van der Waals surface area contributed by atoms with Gasteiger partial charge in [0.1, 0.15) is 5.76 Å². The van der Waals surface area contributed by atoms with E-state index >= 15 is 0 Å². The van der Waals surface area contributed by atoms with Crippen molar-refractivity contribution in [3.05, 3.63) is 29.0 Å². The smallest absolute Gasteiger partial charge is 0.236 e. The maximum Gasteiger partial charge on any atom is 0.236 e. The van der Waals surface area contributed by atoms with E-state index in [1.807, 2.05) is 31.4 Å². The van der Waals surface area contributed by atoms with Crippen LogP contribution in [0.25, 0.3) is 10.8 Å². The summed E-state index contributed by atoms with van der Waals surface area (Å²) in [4.78, 5) is 5.61. The molecule has 0 bridgehead atoms. The number of oxazole rings is 1. The van der Waals surface area contributed by atoms with Crippen molar-refractivity contribution in [3.8, 4) is 10.8 Å². The molecule has 0 spiro atoms. The van der Waals surface area contributed by atoms with Gasteiger partial charge in [-0.15, -0.1) is 11.3 Å². The molecule has 0 aliphatic heterocycles. The molecule has 2 aromatic rings. The second-order valence-corrected chi connectivity index (χ2v) is 5.97. The lowest BCUT2D eigenvalue weighted by molar-refractivity contribution is 0.542. The Labute approximate surface area is 109 Å². The van der Waals surface area contributed by atoms with Crippen LogP contribution in [0.15, 0.2) is 21.9 Å². The molecule has 0 aliphatic carbocycles. The first-order valence-corrected chi connectivity index (χ1v) is 7.53. The van der Waals surface area contributed by atoms with E-state index in [0.717, 1.165) is 33.7 Å². The second-order valence-electron chi connectivity index (χ2n) is 3.99. The van der Waals surface area contributed by atoms with Gasteiger partial charge in [-0.3, -0.25) is 0 Å². The van der Waals surface area contributed by atoms with E-state index in [4.69, 9.17) is 10.2 Å². The number of rotatable bonds is 5. The Morgan fingerprint density at radius 1 is 1.59 bits per heavy atom. The van der Waals surface area contributed by atoms with Crippen LogP contribution in [0.2, 0.25) is 0 Å². The first-order chi connectivity index (χ1) is 8.16. The van der Waals surface area contributed by atoms with Crippen LogP contribution >= 0.6 is 23.1 Å². The number of nitrogens with zero attached hydrogens (tertiary/aromatic N) is 1. The Morgan fingerprint density at radius 3 is 3.06 bits per heavy atom. The predicted octanol–water partition coefficient (Wildman–Crippen LogP) is 3.29. The fourth-order valence-corrected chi connectivity index (χ4v) is 3.01. The summed E-state index contributed by atoms with van der Waals surface area (Å²) in [5.41, 5.74) is 6.74. The number of aromatic nitrogens is 1. The third-order valence-corrected chi connectivity index (χ3v) is 4.34. The number of hydrogen-bond acceptors (Lipinski definition) is 5. The quantitative estimate of drug-likeness (QED) is 0.904. The van der Waals surface area contributed by atoms with Gasteiger partial charge in [0.15, 0.2) is 0 Å². The maximum atomic E-state index is 5.71. The molecule has 0 amide bonds. The van der Waals surface area contributed by atoms with Gasteiger partial charge in [0.25, 0.3) is 0 Å². The van der Waals surface area contributed by atoms with E-state index in [0.29, 0.717) is 0 Å². The number of hydrogen-bond donors (Lipinski definition) is 1. The summed E-state index contributed by atoms with van der Waals surface area (Å²) in [6.45, 7) is 3.98. The van der Waals surface area contributed by atoms with Crippen LogP contribution < -0.4 is 5.73 Å². The zero-order valence-corrected chi connectivity index (χ0v) is 11.6. The van der Waals surface area contributed by atoms with Crippen LogP contribution in [0.5, 0.6) is 0 Å². The highest BCUT2D eigenvalue weighted by molar-refractivity contribution is 7.98. The Kier molecular flexibility index (Phi) is 4.25. The highest BCUT2D eigenvalue weighted by Gasteiger charge is 2.12. The molecule has 17 heavy (non-hydrogen) atoms. The van der Waals surface area contributed by atoms with Gasteiger partial charge in [-0.05, 0) is 25.3 Å². The van der Waals surface area contributed by atoms with Crippen LogP contribution in [0.1, 0.15) is 18.4 Å². The average Bonchev–Trinajstić information content (AvgIpc) is 2.87. The molecule has 0 aliphatic rings. The minimum absolute atomic E-state index is 0.226. The van der Waals surface area contributed by atoms with Crippen LogP contribution in [0, 0.1) is 6.92 Å². The van der Waals surface area contributed by atoms with Crippen molar-refractivity contribution < 1.29 is 4.42 Å². The number of thiophene rings is 1. The van der Waals surface area contributed by atoms with Crippen LogP contribution in [-0.2, 0) is 5.75 Å². The molecule has 3 nitrogen and oxygen atoms in total. The van der Waals surface area contributed by atoms with Crippen molar-refractivity contribution >= 4 is 23.1 Å². The van der Waals surface area contributed by atoms with Gasteiger partial charge in [0.2, 0.25) is 5.89 Å². The molecule has 0 aromatic carbocycles. The highest BCUT2D eigenvalue weighted by atomic mass is 32.2. The molecule has 92 valence electrons. The zero-order valence-electron chi connectivity index (χ0n) is 9.97. The molecule has 0 saturated heterocycles. The highest BCUT2D eigenvalue weighted by Crippen LogP contribution is 2.27. The Bertz CT molecular complexity index is 463. The van der Waals surface area contributed by atoms with Gasteiger partial charge in [0, 0.05) is 17.5 Å². The monoisotopic (exact) mass is 268 g/mol. The summed E-state index contributed by atoms with van der Waals surface area (Å²) >= 11 is 3.44. The van der Waals surface area contributed by atoms with E-state index in [1.54, 1.807) is 23.1 Å². The summed E-state index contributed by atoms with van der Waals surface area (Å²) < 4.78 is 5.67. The Hall–Kier alpha value is -0.780. The van der Waals surface area contributed by atoms with E-state index in [1.165, 1.54) is 0 Å². The van der Waals surface area contributed by atoms with E-state index in [2.05, 4.69) is 4.98 Å². The van der Waals surface area contributed by atoms with Gasteiger partial charge in [0.05, 0.1) is 10.6 Å². The molecule has 1 atom stereocenters. The van der Waals surface area contributed by atoms with Crippen LogP contribution in [-0.4, -0.2) is 16.8 Å². The molecule has 5 heteroatoms. The molecule has 1 unspecified atom stereocenters. The first kappa shape index (κ1) is 12.7. The van der Waals surface area contributed by atoms with E-state index < -0.39 is 0 Å². The van der Waals surface area contributed by atoms with Gasteiger partial charge < -0.3 is 10.2 Å². The van der Waals surface area contributed by atoms with Crippen molar-refractivity contribution in [2.75, 3.05) is 5.75 Å². The van der Waals surface area contributed by atoms with Crippen LogP contribution in [0.3, 0.4) is 0 Å². The van der Waals surface area contributed by atoms with Crippen LogP contribution in [0.4, 0.5) is 0 Å². The molecule has 2 rings (SSSR count). The van der Waals surface area contributed by atoms with Gasteiger partial charge in [-0.25, -0.2) is 4.98 Å². The molecule has 0 saturated carbocycles. The lowest BCUT2D eigenvalue weighted by Crippen LogP contribution is -2.17. The van der Waals surface area contributed by atoms with Gasteiger partial charge in [-0.1, -0.05) is 6.07 Å². The van der Waals surface area contributed by atoms with Crippen molar-refractivity contribution in [1.29, 1.82) is 0 Å². The SMILES string of the molecule is Cc1oc(-c2cccs2)nc1CSCC(C)N. The fourth-order valence-electron chi connectivity index (χ4n) is 1.41. The van der Waals surface area contributed by atoms with Gasteiger partial charge in [-0.2, -0.15) is 11.8 Å². The number of aryl methyl sites for hydroxylation is 1. The number of nitrogens with two attached hydrogens (primary N) is 1. The standard InChI is InChI=1S/C12H16N2OS2/c1-8(13)6-16-7-10-9(2)15-12(14-10)11-4-3-5-17-11/h3-5,8H,6-7,13H2,1-2H3. The summed E-state index contributed by atoms with van der Waals surface area (Å²) in [5.74, 6) is 3.45. The summed E-state index contributed by atoms with van der Waals surface area (Å²) in [6.07, 6.45) is 0. The molecule has 0 radical (unpaired) electrons. The second kappa shape index (κ2) is 5.71. The largest absolute Gasteiger partial charge is 0.440 e. The summed E-state index contributed by atoms with van der Waals surface area (Å²) in [5, 5.41) is 2.03. The van der Waals surface area contributed by atoms with E-state index in [-0.39, 0.29) is 6.04 Å². The molecule has 2 aromatic heterocycles. The Balaban J connectivity index is 2.04. The van der Waals surface area contributed by atoms with Crippen molar-refractivity contribution in [2.45, 2.75) is 25.6 Å². The minimum Gasteiger partial charge on any atom is -0.440 e. The lowest BCUT2D eigenvalue weighted by atomic mass is 10.4. The molecule has 2 heterocycles. The normalized spacial score (nSPS) is 12.9. The molecular weight excluding hydrogens is 252 g/mol. The Morgan fingerprint density at radius 2 is 2.41 bits per heavy atom. The summed E-state index contributed by atoms with van der Waals surface area (Å²) in [6, 6.07) is 4.25. The zero-order chi connectivity index (χ0) is 12.3. The molecular formula is C12H16N2OS2. The first-order valence-electron chi connectivity index (χ1n) is 5.50. The van der Waals surface area contributed by atoms with Crippen molar-refractivity contribution in [3.63, 3.8) is 0 Å². The van der Waals surface area contributed by atoms with Gasteiger partial charge >= 0.3 is 0 Å². The topological polar surface area (TPSA) is 52.0 Å². The minimum atomic E-state index is 0.226. The third kappa shape index (κ3) is 3.34. The van der Waals surface area contributed by atoms with Crippen molar-refractivity contribution in [1.82, 2.24) is 4.98 Å². The summed E-state index contributed by atoms with van der Waals surface area (Å²) in [7, 11) is 0. The van der Waals surface area contributed by atoms with E-state index in [9.17, 15) is 0 Å². The average molecular weight is 268 g/mol. The molecule has 2 N–H and O–H groups in total. The third-order valence-electron chi connectivity index (χ3n) is 2.24. The molecule has 0 fully saturated rings. The fraction of sp³-hybridized carbons (Fsp3) is 0.417. The predicted molar refractivity (Wildman–Crippen MR) is 74.4 cm³/mol. The maximum absolute atomic E-state index is 5.71. The lowest BCUT2D eigenvalue weighted by Gasteiger charge is -2.02.